The lowest BCUT2D eigenvalue weighted by Gasteiger charge is -2.17. The summed E-state index contributed by atoms with van der Waals surface area (Å²) in [6.45, 7) is 9.97. The standard InChI is InChI=1S/C25H41N3O/c1-5-6-7-8-9-15-20-28-22-17-13-12-16-21(22)27-23(28)18-11-10-14-19-26-24(29)25(2,3)4/h12-13,16-17H,5-11,14-15,18-20H2,1-4H3,(H,26,29). The molecule has 0 fully saturated rings. The fraction of sp³-hybridized carbons (Fsp3) is 0.680. The van der Waals surface area contributed by atoms with E-state index in [-0.39, 0.29) is 11.3 Å². The molecule has 2 aromatic rings. The number of rotatable bonds is 13. The van der Waals surface area contributed by atoms with E-state index in [9.17, 15) is 4.79 Å². The molecule has 0 aliphatic rings. The third kappa shape index (κ3) is 7.83. The fourth-order valence-electron chi connectivity index (χ4n) is 3.67. The van der Waals surface area contributed by atoms with Crippen LogP contribution < -0.4 is 5.32 Å². The first-order chi connectivity index (χ1) is 13.9. The zero-order chi connectivity index (χ0) is 21.1. The predicted octanol–water partition coefficient (Wildman–Crippen LogP) is 6.27. The van der Waals surface area contributed by atoms with E-state index in [4.69, 9.17) is 4.98 Å². The van der Waals surface area contributed by atoms with Crippen LogP contribution in [0.15, 0.2) is 24.3 Å². The van der Waals surface area contributed by atoms with Crippen molar-refractivity contribution < 1.29 is 4.79 Å². The first-order valence-corrected chi connectivity index (χ1v) is 11.7. The Kier molecular flexibility index (Phi) is 9.69. The molecule has 0 spiro atoms. The molecular weight excluding hydrogens is 358 g/mol. The average Bonchev–Trinajstić information content (AvgIpc) is 3.04. The highest BCUT2D eigenvalue weighted by Gasteiger charge is 2.20. The number of imidazole rings is 1. The quantitative estimate of drug-likeness (QED) is 0.403. The van der Waals surface area contributed by atoms with Crippen LogP contribution in [-0.2, 0) is 17.8 Å². The molecule has 0 aliphatic carbocycles. The van der Waals surface area contributed by atoms with Crippen molar-refractivity contribution in [3.05, 3.63) is 30.1 Å². The number of nitrogens with zero attached hydrogens (tertiary/aromatic N) is 2. The Morgan fingerprint density at radius 2 is 1.66 bits per heavy atom. The number of carbonyl (C=O) groups excluding carboxylic acids is 1. The van der Waals surface area contributed by atoms with Crippen molar-refractivity contribution >= 4 is 16.9 Å². The summed E-state index contributed by atoms with van der Waals surface area (Å²) in [6, 6.07) is 8.51. The highest BCUT2D eigenvalue weighted by molar-refractivity contribution is 5.81. The van der Waals surface area contributed by atoms with Crippen molar-refractivity contribution in [3.8, 4) is 0 Å². The summed E-state index contributed by atoms with van der Waals surface area (Å²) in [7, 11) is 0. The topological polar surface area (TPSA) is 46.9 Å². The highest BCUT2D eigenvalue weighted by atomic mass is 16.2. The third-order valence-electron chi connectivity index (χ3n) is 5.51. The molecule has 2 rings (SSSR count). The number of benzene rings is 1. The van der Waals surface area contributed by atoms with Gasteiger partial charge in [-0.1, -0.05) is 78.4 Å². The van der Waals surface area contributed by atoms with Crippen molar-refractivity contribution in [1.82, 2.24) is 14.9 Å². The van der Waals surface area contributed by atoms with Gasteiger partial charge in [-0.05, 0) is 31.4 Å². The van der Waals surface area contributed by atoms with Crippen LogP contribution in [0.4, 0.5) is 0 Å². The zero-order valence-corrected chi connectivity index (χ0v) is 19.1. The van der Waals surface area contributed by atoms with Gasteiger partial charge >= 0.3 is 0 Å². The number of fused-ring (bicyclic) bond motifs is 1. The number of hydrogen-bond donors (Lipinski definition) is 1. The molecule has 1 aromatic heterocycles. The average molecular weight is 400 g/mol. The first kappa shape index (κ1) is 23.4. The van der Waals surface area contributed by atoms with Crippen LogP contribution in [-0.4, -0.2) is 22.0 Å². The smallest absolute Gasteiger partial charge is 0.225 e. The Morgan fingerprint density at radius 3 is 2.41 bits per heavy atom. The number of aryl methyl sites for hydroxylation is 2. The van der Waals surface area contributed by atoms with Gasteiger partial charge < -0.3 is 9.88 Å². The van der Waals surface area contributed by atoms with E-state index in [1.165, 1.54) is 49.9 Å². The van der Waals surface area contributed by atoms with Crippen molar-refractivity contribution in [2.24, 2.45) is 5.41 Å². The maximum atomic E-state index is 11.9. The Balaban J connectivity index is 1.81. The second-order valence-electron chi connectivity index (χ2n) is 9.25. The Hall–Kier alpha value is -1.84. The Morgan fingerprint density at radius 1 is 0.966 bits per heavy atom. The maximum Gasteiger partial charge on any atom is 0.225 e. The molecule has 1 amide bonds. The van der Waals surface area contributed by atoms with Crippen molar-refractivity contribution in [2.75, 3.05) is 6.54 Å². The van der Waals surface area contributed by atoms with Gasteiger partial charge in [-0.15, -0.1) is 0 Å². The van der Waals surface area contributed by atoms with Gasteiger partial charge in [-0.25, -0.2) is 4.98 Å². The van der Waals surface area contributed by atoms with E-state index >= 15 is 0 Å². The van der Waals surface area contributed by atoms with Gasteiger partial charge in [0.15, 0.2) is 0 Å². The summed E-state index contributed by atoms with van der Waals surface area (Å²) in [5.41, 5.74) is 2.08. The molecule has 1 aromatic carbocycles. The highest BCUT2D eigenvalue weighted by Crippen LogP contribution is 2.19. The minimum absolute atomic E-state index is 0.137. The molecule has 0 radical (unpaired) electrons. The van der Waals surface area contributed by atoms with Gasteiger partial charge in [-0.3, -0.25) is 4.79 Å². The number of hydrogen-bond acceptors (Lipinski definition) is 2. The predicted molar refractivity (Wildman–Crippen MR) is 123 cm³/mol. The summed E-state index contributed by atoms with van der Waals surface area (Å²) >= 11 is 0. The monoisotopic (exact) mass is 399 g/mol. The van der Waals surface area contributed by atoms with Gasteiger partial charge in [0.25, 0.3) is 0 Å². The first-order valence-electron chi connectivity index (χ1n) is 11.7. The van der Waals surface area contributed by atoms with Crippen molar-refractivity contribution in [2.45, 2.75) is 98.4 Å². The van der Waals surface area contributed by atoms with E-state index in [1.807, 2.05) is 20.8 Å². The van der Waals surface area contributed by atoms with Crippen LogP contribution in [0.1, 0.15) is 91.3 Å². The summed E-state index contributed by atoms with van der Waals surface area (Å²) < 4.78 is 2.44. The molecule has 1 N–H and O–H groups in total. The zero-order valence-electron chi connectivity index (χ0n) is 19.1. The van der Waals surface area contributed by atoms with Gasteiger partial charge in [0, 0.05) is 24.9 Å². The summed E-state index contributed by atoms with van der Waals surface area (Å²) in [6.07, 6.45) is 12.2. The lowest BCUT2D eigenvalue weighted by Crippen LogP contribution is -2.35. The minimum atomic E-state index is -0.304. The molecule has 4 heteroatoms. The summed E-state index contributed by atoms with van der Waals surface area (Å²) in [5.74, 6) is 1.36. The molecule has 0 saturated carbocycles. The Bertz CT molecular complexity index is 742. The van der Waals surface area contributed by atoms with Gasteiger partial charge in [0.1, 0.15) is 5.82 Å². The molecule has 29 heavy (non-hydrogen) atoms. The molecular formula is C25H41N3O. The largest absolute Gasteiger partial charge is 0.356 e. The molecule has 0 saturated heterocycles. The number of unbranched alkanes of at least 4 members (excludes halogenated alkanes) is 7. The molecule has 1 heterocycles. The number of carbonyl (C=O) groups is 1. The van der Waals surface area contributed by atoms with E-state index in [2.05, 4.69) is 41.1 Å². The fourth-order valence-corrected chi connectivity index (χ4v) is 3.67. The third-order valence-corrected chi connectivity index (χ3v) is 5.51. The number of amides is 1. The lowest BCUT2D eigenvalue weighted by molar-refractivity contribution is -0.128. The number of nitrogens with one attached hydrogen (secondary N) is 1. The second-order valence-corrected chi connectivity index (χ2v) is 9.25. The molecule has 0 bridgehead atoms. The van der Waals surface area contributed by atoms with E-state index in [0.29, 0.717) is 0 Å². The normalized spacial score (nSPS) is 11.9. The van der Waals surface area contributed by atoms with E-state index < -0.39 is 0 Å². The molecule has 0 atom stereocenters. The molecule has 4 nitrogen and oxygen atoms in total. The van der Waals surface area contributed by atoms with Gasteiger partial charge in [-0.2, -0.15) is 0 Å². The molecule has 0 unspecified atom stereocenters. The van der Waals surface area contributed by atoms with Crippen LogP contribution >= 0.6 is 0 Å². The Labute approximate surface area is 177 Å². The van der Waals surface area contributed by atoms with E-state index in [1.54, 1.807) is 0 Å². The van der Waals surface area contributed by atoms with Crippen molar-refractivity contribution in [1.29, 1.82) is 0 Å². The lowest BCUT2D eigenvalue weighted by atomic mass is 9.96. The summed E-state index contributed by atoms with van der Waals surface area (Å²) in [4.78, 5) is 16.8. The van der Waals surface area contributed by atoms with Crippen LogP contribution in [0, 0.1) is 5.41 Å². The number of aromatic nitrogens is 2. The van der Waals surface area contributed by atoms with Crippen molar-refractivity contribution in [3.63, 3.8) is 0 Å². The molecule has 162 valence electrons. The van der Waals surface area contributed by atoms with Crippen LogP contribution in [0.3, 0.4) is 0 Å². The summed E-state index contributed by atoms with van der Waals surface area (Å²) in [5, 5.41) is 3.04. The van der Waals surface area contributed by atoms with E-state index in [0.717, 1.165) is 44.3 Å². The van der Waals surface area contributed by atoms with Gasteiger partial charge in [0.2, 0.25) is 5.91 Å². The second kappa shape index (κ2) is 12.0. The van der Waals surface area contributed by atoms with Crippen LogP contribution in [0.5, 0.6) is 0 Å². The van der Waals surface area contributed by atoms with Crippen LogP contribution in [0.2, 0.25) is 0 Å². The van der Waals surface area contributed by atoms with Gasteiger partial charge in [0.05, 0.1) is 11.0 Å². The molecule has 0 aliphatic heterocycles. The van der Waals surface area contributed by atoms with Crippen LogP contribution in [0.25, 0.3) is 11.0 Å². The maximum absolute atomic E-state index is 11.9. The minimum Gasteiger partial charge on any atom is -0.356 e. The number of para-hydroxylation sites is 2. The SMILES string of the molecule is CCCCCCCCn1c(CCCCCNC(=O)C(C)(C)C)nc2ccccc21.